The highest BCUT2D eigenvalue weighted by Gasteiger charge is 2.10. The van der Waals surface area contributed by atoms with E-state index >= 15 is 0 Å². The van der Waals surface area contributed by atoms with Gasteiger partial charge in [-0.3, -0.25) is 0 Å². The van der Waals surface area contributed by atoms with Crippen molar-refractivity contribution in [3.8, 4) is 0 Å². The summed E-state index contributed by atoms with van der Waals surface area (Å²) in [7, 11) is 1.57. The largest absolute Gasteiger partial charge is 0.478 e. The number of benzene rings is 1. The SMILES string of the molecule is COCC(C)OCc1ccc(C(=O)O)c(F)c1. The van der Waals surface area contributed by atoms with E-state index in [1.54, 1.807) is 7.11 Å². The van der Waals surface area contributed by atoms with E-state index in [4.69, 9.17) is 14.6 Å². The van der Waals surface area contributed by atoms with Gasteiger partial charge in [0.2, 0.25) is 0 Å². The van der Waals surface area contributed by atoms with Gasteiger partial charge in [0.05, 0.1) is 24.9 Å². The van der Waals surface area contributed by atoms with Gasteiger partial charge < -0.3 is 14.6 Å². The minimum Gasteiger partial charge on any atom is -0.478 e. The predicted molar refractivity (Wildman–Crippen MR) is 59.5 cm³/mol. The number of aromatic carboxylic acids is 1. The summed E-state index contributed by atoms with van der Waals surface area (Å²) in [5, 5.41) is 8.66. The molecule has 5 heteroatoms. The number of halogens is 1. The van der Waals surface area contributed by atoms with Crippen LogP contribution < -0.4 is 0 Å². The fourth-order valence-electron chi connectivity index (χ4n) is 1.34. The Morgan fingerprint density at radius 3 is 2.76 bits per heavy atom. The lowest BCUT2D eigenvalue weighted by Gasteiger charge is -2.12. The molecule has 1 rings (SSSR count). The molecule has 1 aromatic carbocycles. The molecule has 0 heterocycles. The molecular weight excluding hydrogens is 227 g/mol. The summed E-state index contributed by atoms with van der Waals surface area (Å²) >= 11 is 0. The molecular formula is C12H15FO4. The smallest absolute Gasteiger partial charge is 0.338 e. The summed E-state index contributed by atoms with van der Waals surface area (Å²) in [6.45, 7) is 2.52. The van der Waals surface area contributed by atoms with Crippen molar-refractivity contribution < 1.29 is 23.8 Å². The number of ether oxygens (including phenoxy) is 2. The third-order valence-electron chi connectivity index (χ3n) is 2.20. The van der Waals surface area contributed by atoms with Gasteiger partial charge in [0.25, 0.3) is 0 Å². The minimum atomic E-state index is -1.28. The quantitative estimate of drug-likeness (QED) is 0.829. The molecule has 0 amide bonds. The Morgan fingerprint density at radius 1 is 1.53 bits per heavy atom. The molecule has 0 aliphatic carbocycles. The van der Waals surface area contributed by atoms with E-state index < -0.39 is 11.8 Å². The molecule has 1 unspecified atom stereocenters. The molecule has 94 valence electrons. The van der Waals surface area contributed by atoms with E-state index in [1.165, 1.54) is 18.2 Å². The van der Waals surface area contributed by atoms with Gasteiger partial charge in [0, 0.05) is 7.11 Å². The molecule has 1 atom stereocenters. The number of carbonyl (C=O) groups is 1. The Morgan fingerprint density at radius 2 is 2.24 bits per heavy atom. The lowest BCUT2D eigenvalue weighted by Crippen LogP contribution is -2.14. The second-order valence-electron chi connectivity index (χ2n) is 3.70. The first-order chi connectivity index (χ1) is 8.04. The second kappa shape index (κ2) is 6.32. The Kier molecular flexibility index (Phi) is 5.06. The van der Waals surface area contributed by atoms with Gasteiger partial charge in [-0.2, -0.15) is 0 Å². The van der Waals surface area contributed by atoms with Crippen LogP contribution in [0.5, 0.6) is 0 Å². The number of rotatable bonds is 6. The molecule has 0 aliphatic heterocycles. The predicted octanol–water partition coefficient (Wildman–Crippen LogP) is 2.08. The Hall–Kier alpha value is -1.46. The van der Waals surface area contributed by atoms with E-state index in [-0.39, 0.29) is 18.3 Å². The molecule has 0 aromatic heterocycles. The lowest BCUT2D eigenvalue weighted by atomic mass is 10.1. The van der Waals surface area contributed by atoms with Crippen molar-refractivity contribution in [1.82, 2.24) is 0 Å². The molecule has 0 aliphatic rings. The van der Waals surface area contributed by atoms with Crippen molar-refractivity contribution in [1.29, 1.82) is 0 Å². The van der Waals surface area contributed by atoms with E-state index in [0.717, 1.165) is 0 Å². The maximum absolute atomic E-state index is 13.3. The summed E-state index contributed by atoms with van der Waals surface area (Å²) in [6, 6.07) is 3.94. The highest BCUT2D eigenvalue weighted by molar-refractivity contribution is 5.87. The van der Waals surface area contributed by atoms with Crippen LogP contribution in [0.3, 0.4) is 0 Å². The number of carboxylic acids is 1. The van der Waals surface area contributed by atoms with Gasteiger partial charge in [-0.05, 0) is 24.6 Å². The molecule has 0 saturated carbocycles. The summed E-state index contributed by atoms with van der Waals surface area (Å²) in [4.78, 5) is 10.6. The number of methoxy groups -OCH3 is 1. The number of hydrogen-bond acceptors (Lipinski definition) is 3. The fraction of sp³-hybridized carbons (Fsp3) is 0.417. The summed E-state index contributed by atoms with van der Waals surface area (Å²) < 4.78 is 23.6. The van der Waals surface area contributed by atoms with Gasteiger partial charge in [-0.15, -0.1) is 0 Å². The van der Waals surface area contributed by atoms with E-state index in [9.17, 15) is 9.18 Å². The van der Waals surface area contributed by atoms with Crippen LogP contribution in [0.1, 0.15) is 22.8 Å². The Labute approximate surface area is 99.0 Å². The molecule has 0 saturated heterocycles. The van der Waals surface area contributed by atoms with Crippen molar-refractivity contribution in [3.63, 3.8) is 0 Å². The van der Waals surface area contributed by atoms with Gasteiger partial charge in [-0.25, -0.2) is 9.18 Å². The normalized spacial score (nSPS) is 12.4. The molecule has 0 spiro atoms. The first kappa shape index (κ1) is 13.6. The molecule has 0 radical (unpaired) electrons. The maximum Gasteiger partial charge on any atom is 0.338 e. The van der Waals surface area contributed by atoms with Crippen LogP contribution in [0.25, 0.3) is 0 Å². The second-order valence-corrected chi connectivity index (χ2v) is 3.70. The van der Waals surface area contributed by atoms with Gasteiger partial charge in [-0.1, -0.05) is 6.07 Å². The van der Waals surface area contributed by atoms with Crippen molar-refractivity contribution in [2.45, 2.75) is 19.6 Å². The summed E-state index contributed by atoms with van der Waals surface area (Å²) in [5.74, 6) is -2.03. The van der Waals surface area contributed by atoms with Crippen LogP contribution in [0.15, 0.2) is 18.2 Å². The monoisotopic (exact) mass is 242 g/mol. The Balaban J connectivity index is 2.62. The first-order valence-corrected chi connectivity index (χ1v) is 5.17. The van der Waals surface area contributed by atoms with Crippen molar-refractivity contribution in [3.05, 3.63) is 35.1 Å². The van der Waals surface area contributed by atoms with Gasteiger partial charge in [0.1, 0.15) is 5.82 Å². The summed E-state index contributed by atoms with van der Waals surface area (Å²) in [6.07, 6.45) is -0.0952. The third kappa shape index (κ3) is 4.13. The molecule has 4 nitrogen and oxygen atoms in total. The highest BCUT2D eigenvalue weighted by Crippen LogP contribution is 2.12. The average Bonchev–Trinajstić information content (AvgIpc) is 2.26. The van der Waals surface area contributed by atoms with E-state index in [2.05, 4.69) is 0 Å². The van der Waals surface area contributed by atoms with Crippen LogP contribution in [0, 0.1) is 5.82 Å². The molecule has 1 N–H and O–H groups in total. The lowest BCUT2D eigenvalue weighted by molar-refractivity contribution is -0.000219. The summed E-state index contributed by atoms with van der Waals surface area (Å²) in [5.41, 5.74) is 0.258. The van der Waals surface area contributed by atoms with E-state index in [0.29, 0.717) is 12.2 Å². The van der Waals surface area contributed by atoms with Crippen LogP contribution in [-0.2, 0) is 16.1 Å². The zero-order chi connectivity index (χ0) is 12.8. The molecule has 0 fully saturated rings. The topological polar surface area (TPSA) is 55.8 Å². The van der Waals surface area contributed by atoms with E-state index in [1.807, 2.05) is 6.92 Å². The van der Waals surface area contributed by atoms with Crippen molar-refractivity contribution in [2.75, 3.05) is 13.7 Å². The Bertz CT molecular complexity index is 392. The number of carboxylic acid groups (broad SMARTS) is 1. The van der Waals surface area contributed by atoms with Crippen LogP contribution in [-0.4, -0.2) is 30.9 Å². The molecule has 0 bridgehead atoms. The van der Waals surface area contributed by atoms with Crippen LogP contribution in [0.4, 0.5) is 4.39 Å². The number of hydrogen-bond donors (Lipinski definition) is 1. The van der Waals surface area contributed by atoms with Gasteiger partial charge in [0.15, 0.2) is 0 Å². The molecule has 1 aromatic rings. The van der Waals surface area contributed by atoms with Crippen LogP contribution >= 0.6 is 0 Å². The third-order valence-corrected chi connectivity index (χ3v) is 2.20. The fourth-order valence-corrected chi connectivity index (χ4v) is 1.34. The first-order valence-electron chi connectivity index (χ1n) is 5.17. The zero-order valence-electron chi connectivity index (χ0n) is 9.77. The zero-order valence-corrected chi connectivity index (χ0v) is 9.77. The maximum atomic E-state index is 13.3. The standard InChI is InChI=1S/C12H15FO4/c1-8(6-16-2)17-7-9-3-4-10(12(14)15)11(13)5-9/h3-5,8H,6-7H2,1-2H3,(H,14,15). The molecule has 17 heavy (non-hydrogen) atoms. The minimum absolute atomic E-state index is 0.0952. The van der Waals surface area contributed by atoms with Crippen LogP contribution in [0.2, 0.25) is 0 Å². The van der Waals surface area contributed by atoms with Crippen molar-refractivity contribution >= 4 is 5.97 Å². The average molecular weight is 242 g/mol. The van der Waals surface area contributed by atoms with Gasteiger partial charge >= 0.3 is 5.97 Å². The highest BCUT2D eigenvalue weighted by atomic mass is 19.1. The van der Waals surface area contributed by atoms with Crippen molar-refractivity contribution in [2.24, 2.45) is 0 Å².